The molecule has 0 atom stereocenters. The quantitative estimate of drug-likeness (QED) is 0.618. The zero-order chi connectivity index (χ0) is 13.7. The minimum Gasteiger partial charge on any atom is -0.478 e. The van der Waals surface area contributed by atoms with Gasteiger partial charge in [0.05, 0.1) is 11.1 Å². The van der Waals surface area contributed by atoms with Crippen LogP contribution in [0.15, 0.2) is 42.7 Å². The first-order chi connectivity index (χ1) is 8.49. The molecule has 0 saturated carbocycles. The first kappa shape index (κ1) is 13.5. The molecule has 0 amide bonds. The number of benzene rings is 1. The molecule has 1 aromatic rings. The molecule has 0 aliphatic carbocycles. The molecule has 1 aromatic carbocycles. The van der Waals surface area contributed by atoms with Crippen LogP contribution >= 0.6 is 0 Å². The van der Waals surface area contributed by atoms with Crippen LogP contribution in [-0.2, 0) is 0 Å². The molecule has 0 bridgehead atoms. The predicted molar refractivity (Wildman–Crippen MR) is 64.9 cm³/mol. The number of carboxylic acid groups (broad SMARTS) is 2. The summed E-state index contributed by atoms with van der Waals surface area (Å²) in [5, 5.41) is 17.8. The van der Waals surface area contributed by atoms with Crippen molar-refractivity contribution in [2.24, 2.45) is 0 Å². The minimum atomic E-state index is -1.32. The van der Waals surface area contributed by atoms with Crippen molar-refractivity contribution >= 4 is 11.9 Å². The number of hydrogen-bond donors (Lipinski definition) is 2. The molecule has 1 rings (SSSR count). The normalized spacial score (nSPS) is 10.8. The number of carboxylic acids is 2. The fourth-order valence-electron chi connectivity index (χ4n) is 1.30. The number of ether oxygens (including phenoxy) is 1. The summed E-state index contributed by atoms with van der Waals surface area (Å²) in [6.07, 6.45) is 3.12. The van der Waals surface area contributed by atoms with E-state index < -0.39 is 11.9 Å². The Morgan fingerprint density at radius 2 is 1.83 bits per heavy atom. The monoisotopic (exact) mass is 248 g/mol. The highest BCUT2D eigenvalue weighted by Crippen LogP contribution is 2.20. The van der Waals surface area contributed by atoms with Gasteiger partial charge in [0.2, 0.25) is 0 Å². The molecule has 0 radical (unpaired) electrons. The Morgan fingerprint density at radius 1 is 1.22 bits per heavy atom. The van der Waals surface area contributed by atoms with Gasteiger partial charge >= 0.3 is 11.9 Å². The summed E-state index contributed by atoms with van der Waals surface area (Å²) in [5.74, 6) is -1.92. The van der Waals surface area contributed by atoms with Gasteiger partial charge in [-0.05, 0) is 37.3 Å². The van der Waals surface area contributed by atoms with Crippen LogP contribution in [0.25, 0.3) is 0 Å². The third-order valence-corrected chi connectivity index (χ3v) is 2.17. The Balaban J connectivity index is 3.19. The van der Waals surface area contributed by atoms with Crippen LogP contribution in [0.2, 0.25) is 0 Å². The van der Waals surface area contributed by atoms with Crippen molar-refractivity contribution in [2.45, 2.75) is 6.92 Å². The largest absolute Gasteiger partial charge is 0.478 e. The third-order valence-electron chi connectivity index (χ3n) is 2.17. The fourth-order valence-corrected chi connectivity index (χ4v) is 1.30. The Bertz CT molecular complexity index is 528. The van der Waals surface area contributed by atoms with E-state index in [4.69, 9.17) is 14.9 Å². The van der Waals surface area contributed by atoms with Gasteiger partial charge in [0.1, 0.15) is 11.5 Å². The summed E-state index contributed by atoms with van der Waals surface area (Å²) in [7, 11) is 0. The number of hydrogen-bond acceptors (Lipinski definition) is 3. The summed E-state index contributed by atoms with van der Waals surface area (Å²) in [4.78, 5) is 21.8. The van der Waals surface area contributed by atoms with Crippen LogP contribution in [0.4, 0.5) is 0 Å². The van der Waals surface area contributed by atoms with Gasteiger partial charge in [-0.2, -0.15) is 0 Å². The van der Waals surface area contributed by atoms with Crippen LogP contribution in [0, 0.1) is 0 Å². The second-order valence-electron chi connectivity index (χ2n) is 3.31. The van der Waals surface area contributed by atoms with Gasteiger partial charge in [-0.3, -0.25) is 0 Å². The van der Waals surface area contributed by atoms with Crippen molar-refractivity contribution < 1.29 is 24.5 Å². The SMILES string of the molecule is C=C/C(=C/C)Oc1ccc(C(=O)O)c(C(=O)O)c1. The topological polar surface area (TPSA) is 83.8 Å². The number of rotatable bonds is 5. The molecule has 94 valence electrons. The van der Waals surface area contributed by atoms with E-state index in [0.717, 1.165) is 0 Å². The van der Waals surface area contributed by atoms with E-state index in [1.54, 1.807) is 13.0 Å². The first-order valence-electron chi connectivity index (χ1n) is 5.06. The highest BCUT2D eigenvalue weighted by molar-refractivity contribution is 6.02. The maximum absolute atomic E-state index is 10.9. The average Bonchev–Trinajstić information content (AvgIpc) is 2.35. The van der Waals surface area contributed by atoms with E-state index in [2.05, 4.69) is 6.58 Å². The maximum atomic E-state index is 10.9. The molecule has 5 heteroatoms. The summed E-state index contributed by atoms with van der Waals surface area (Å²) in [6, 6.07) is 3.75. The van der Waals surface area contributed by atoms with E-state index >= 15 is 0 Å². The van der Waals surface area contributed by atoms with Gasteiger partial charge in [0.25, 0.3) is 0 Å². The van der Waals surface area contributed by atoms with E-state index in [-0.39, 0.29) is 16.9 Å². The standard InChI is InChI=1S/C13H12O5/c1-3-8(4-2)18-9-5-6-10(12(14)15)11(7-9)13(16)17/h3-7H,1H2,2H3,(H,14,15)(H,16,17)/b8-4-. The Kier molecular flexibility index (Phi) is 4.26. The second-order valence-corrected chi connectivity index (χ2v) is 3.31. The summed E-state index contributed by atoms with van der Waals surface area (Å²) in [5.41, 5.74) is -0.602. The lowest BCUT2D eigenvalue weighted by atomic mass is 10.1. The van der Waals surface area contributed by atoms with Crippen molar-refractivity contribution in [1.82, 2.24) is 0 Å². The van der Waals surface area contributed by atoms with Crippen LogP contribution in [0.3, 0.4) is 0 Å². The summed E-state index contributed by atoms with van der Waals surface area (Å²) in [6.45, 7) is 5.26. The molecule has 0 spiro atoms. The zero-order valence-corrected chi connectivity index (χ0v) is 9.71. The molecule has 0 fully saturated rings. The summed E-state index contributed by atoms with van der Waals surface area (Å²) >= 11 is 0. The zero-order valence-electron chi connectivity index (χ0n) is 9.71. The highest BCUT2D eigenvalue weighted by atomic mass is 16.5. The molecular weight excluding hydrogens is 236 g/mol. The van der Waals surface area contributed by atoms with Crippen LogP contribution in [-0.4, -0.2) is 22.2 Å². The smallest absolute Gasteiger partial charge is 0.336 e. The number of carbonyl (C=O) groups is 2. The van der Waals surface area contributed by atoms with E-state index in [9.17, 15) is 9.59 Å². The average molecular weight is 248 g/mol. The van der Waals surface area contributed by atoms with Crippen molar-refractivity contribution in [3.63, 3.8) is 0 Å². The molecule has 18 heavy (non-hydrogen) atoms. The highest BCUT2D eigenvalue weighted by Gasteiger charge is 2.16. The lowest BCUT2D eigenvalue weighted by Gasteiger charge is -2.08. The van der Waals surface area contributed by atoms with Crippen LogP contribution < -0.4 is 4.74 Å². The minimum absolute atomic E-state index is 0.241. The van der Waals surface area contributed by atoms with Gasteiger partial charge < -0.3 is 14.9 Å². The molecule has 5 nitrogen and oxygen atoms in total. The summed E-state index contributed by atoms with van der Waals surface area (Å²) < 4.78 is 5.33. The number of aromatic carboxylic acids is 2. The Hall–Kier alpha value is -2.56. The van der Waals surface area contributed by atoms with Crippen molar-refractivity contribution in [3.05, 3.63) is 53.8 Å². The van der Waals surface area contributed by atoms with Gasteiger partial charge in [-0.15, -0.1) is 0 Å². The second kappa shape index (κ2) is 5.67. The lowest BCUT2D eigenvalue weighted by Crippen LogP contribution is -2.08. The lowest BCUT2D eigenvalue weighted by molar-refractivity contribution is 0.0651. The molecular formula is C13H12O5. The number of allylic oxidation sites excluding steroid dienone is 2. The molecule has 0 aromatic heterocycles. The molecule has 0 aliphatic heterocycles. The molecule has 2 N–H and O–H groups in total. The van der Waals surface area contributed by atoms with Crippen molar-refractivity contribution in [2.75, 3.05) is 0 Å². The fraction of sp³-hybridized carbons (Fsp3) is 0.0769. The van der Waals surface area contributed by atoms with Crippen LogP contribution in [0.5, 0.6) is 5.75 Å². The van der Waals surface area contributed by atoms with Gasteiger partial charge in [0, 0.05) is 0 Å². The molecule has 0 saturated heterocycles. The Morgan fingerprint density at radius 3 is 2.28 bits per heavy atom. The van der Waals surface area contributed by atoms with E-state index in [1.165, 1.54) is 24.3 Å². The first-order valence-corrected chi connectivity index (χ1v) is 5.06. The van der Waals surface area contributed by atoms with Crippen molar-refractivity contribution in [3.8, 4) is 5.75 Å². The van der Waals surface area contributed by atoms with Gasteiger partial charge in [0.15, 0.2) is 0 Å². The molecule has 0 aliphatic rings. The van der Waals surface area contributed by atoms with Gasteiger partial charge in [-0.1, -0.05) is 6.58 Å². The van der Waals surface area contributed by atoms with E-state index in [1.807, 2.05) is 0 Å². The molecule has 0 heterocycles. The Labute approximate surface area is 104 Å². The molecule has 0 unspecified atom stereocenters. The van der Waals surface area contributed by atoms with Gasteiger partial charge in [-0.25, -0.2) is 9.59 Å². The third kappa shape index (κ3) is 2.98. The van der Waals surface area contributed by atoms with E-state index in [0.29, 0.717) is 5.76 Å². The van der Waals surface area contributed by atoms with Crippen LogP contribution in [0.1, 0.15) is 27.6 Å². The predicted octanol–water partition coefficient (Wildman–Crippen LogP) is 2.55. The van der Waals surface area contributed by atoms with Crippen molar-refractivity contribution in [1.29, 1.82) is 0 Å². The maximum Gasteiger partial charge on any atom is 0.336 e.